The number of rotatable bonds is 1. The van der Waals surface area contributed by atoms with E-state index in [1.165, 1.54) is 31.2 Å². The lowest BCUT2D eigenvalue weighted by Crippen LogP contribution is -2.28. The molecular weight excluding hydrogens is 252 g/mol. The molecule has 0 heterocycles. The molecule has 0 radical (unpaired) electrons. The first-order valence-corrected chi connectivity index (χ1v) is 8.96. The van der Waals surface area contributed by atoms with Gasteiger partial charge in [-0.1, -0.05) is 58.9 Å². The van der Waals surface area contributed by atoms with Crippen LogP contribution < -0.4 is 0 Å². The molecular formula is C21H32. The van der Waals surface area contributed by atoms with Crippen molar-refractivity contribution in [1.29, 1.82) is 0 Å². The van der Waals surface area contributed by atoms with Gasteiger partial charge in [0, 0.05) is 0 Å². The van der Waals surface area contributed by atoms with Crippen molar-refractivity contribution in [2.75, 3.05) is 0 Å². The van der Waals surface area contributed by atoms with Gasteiger partial charge in [0.05, 0.1) is 0 Å². The molecule has 0 spiro atoms. The van der Waals surface area contributed by atoms with Crippen LogP contribution in [0, 0.1) is 23.7 Å². The van der Waals surface area contributed by atoms with Gasteiger partial charge in [0.1, 0.15) is 0 Å². The van der Waals surface area contributed by atoms with E-state index in [0.717, 1.165) is 29.6 Å². The highest BCUT2D eigenvalue weighted by Crippen LogP contribution is 2.53. The van der Waals surface area contributed by atoms with Crippen molar-refractivity contribution >= 4 is 0 Å². The van der Waals surface area contributed by atoms with E-state index in [1.807, 2.05) is 0 Å². The van der Waals surface area contributed by atoms with Crippen LogP contribution in [0.1, 0.15) is 77.3 Å². The molecule has 5 atom stereocenters. The van der Waals surface area contributed by atoms with Crippen LogP contribution in [0.4, 0.5) is 0 Å². The van der Waals surface area contributed by atoms with E-state index in [2.05, 4.69) is 58.9 Å². The average Bonchev–Trinajstić information content (AvgIpc) is 2.81. The highest BCUT2D eigenvalue weighted by atomic mass is 14.5. The molecule has 2 aliphatic carbocycles. The lowest BCUT2D eigenvalue weighted by atomic mass is 9.66. The highest BCUT2D eigenvalue weighted by molar-refractivity contribution is 5.30. The predicted molar refractivity (Wildman–Crippen MR) is 91.7 cm³/mol. The maximum Gasteiger partial charge on any atom is -0.0131 e. The van der Waals surface area contributed by atoms with Gasteiger partial charge < -0.3 is 0 Å². The first-order valence-electron chi connectivity index (χ1n) is 8.96. The summed E-state index contributed by atoms with van der Waals surface area (Å²) in [6.45, 7) is 11.9. The van der Waals surface area contributed by atoms with Crippen LogP contribution in [0.2, 0.25) is 0 Å². The Morgan fingerprint density at radius 1 is 0.857 bits per heavy atom. The van der Waals surface area contributed by atoms with Gasteiger partial charge in [-0.05, 0) is 71.8 Å². The molecule has 0 N–H and O–H groups in total. The summed E-state index contributed by atoms with van der Waals surface area (Å²) >= 11 is 0. The summed E-state index contributed by atoms with van der Waals surface area (Å²) in [5.41, 5.74) is 3.34. The van der Waals surface area contributed by atoms with Gasteiger partial charge in [0.25, 0.3) is 0 Å². The summed E-state index contributed by atoms with van der Waals surface area (Å²) in [6.07, 6.45) is 5.77. The molecule has 0 amide bonds. The van der Waals surface area contributed by atoms with Crippen LogP contribution >= 0.6 is 0 Å². The average molecular weight is 284 g/mol. The Bertz CT molecular complexity index is 476. The third-order valence-electron chi connectivity index (χ3n) is 6.28. The van der Waals surface area contributed by atoms with Gasteiger partial charge in [0.2, 0.25) is 0 Å². The monoisotopic (exact) mass is 284 g/mol. The standard InChI is InChI=1S/C21H32/c1-14-12-19-15(2)6-11-18(20(19)13-14)16-7-9-17(10-8-16)21(3,4)5/h7-10,14-15,18-20H,6,11-13H2,1-5H3. The summed E-state index contributed by atoms with van der Waals surface area (Å²) in [4.78, 5) is 0. The van der Waals surface area contributed by atoms with Crippen molar-refractivity contribution in [1.82, 2.24) is 0 Å². The Kier molecular flexibility index (Phi) is 3.93. The van der Waals surface area contributed by atoms with Crippen molar-refractivity contribution in [3.63, 3.8) is 0 Å². The summed E-state index contributed by atoms with van der Waals surface area (Å²) in [6, 6.07) is 9.62. The molecule has 0 bridgehead atoms. The summed E-state index contributed by atoms with van der Waals surface area (Å²) < 4.78 is 0. The van der Waals surface area contributed by atoms with Gasteiger partial charge in [-0.15, -0.1) is 0 Å². The van der Waals surface area contributed by atoms with E-state index in [4.69, 9.17) is 0 Å². The van der Waals surface area contributed by atoms with Crippen molar-refractivity contribution in [3.05, 3.63) is 35.4 Å². The second kappa shape index (κ2) is 5.45. The molecule has 0 aliphatic heterocycles. The third kappa shape index (κ3) is 2.91. The summed E-state index contributed by atoms with van der Waals surface area (Å²) in [5, 5.41) is 0. The fraction of sp³-hybridized carbons (Fsp3) is 0.714. The SMILES string of the molecule is CC1CC2C(C)CCC(c3ccc(C(C)(C)C)cc3)C2C1. The molecule has 1 aromatic carbocycles. The smallest absolute Gasteiger partial charge is 0.0131 e. The van der Waals surface area contributed by atoms with E-state index in [1.54, 1.807) is 5.56 Å². The topological polar surface area (TPSA) is 0 Å². The van der Waals surface area contributed by atoms with E-state index >= 15 is 0 Å². The Labute approximate surface area is 131 Å². The van der Waals surface area contributed by atoms with Gasteiger partial charge in [-0.3, -0.25) is 0 Å². The zero-order chi connectivity index (χ0) is 15.2. The van der Waals surface area contributed by atoms with Crippen molar-refractivity contribution in [2.24, 2.45) is 23.7 Å². The maximum atomic E-state index is 2.49. The molecule has 0 heteroatoms. The van der Waals surface area contributed by atoms with Gasteiger partial charge in [-0.2, -0.15) is 0 Å². The molecule has 21 heavy (non-hydrogen) atoms. The summed E-state index contributed by atoms with van der Waals surface area (Å²) in [7, 11) is 0. The molecule has 0 aromatic heterocycles. The number of hydrogen-bond acceptors (Lipinski definition) is 0. The molecule has 2 aliphatic rings. The molecule has 3 rings (SSSR count). The molecule has 0 nitrogen and oxygen atoms in total. The number of benzene rings is 1. The first-order chi connectivity index (χ1) is 9.86. The molecule has 116 valence electrons. The normalized spacial score (nSPS) is 36.5. The minimum absolute atomic E-state index is 0.268. The van der Waals surface area contributed by atoms with E-state index in [9.17, 15) is 0 Å². The fourth-order valence-corrected chi connectivity index (χ4v) is 5.01. The van der Waals surface area contributed by atoms with Gasteiger partial charge in [0.15, 0.2) is 0 Å². The molecule has 2 saturated carbocycles. The van der Waals surface area contributed by atoms with Crippen molar-refractivity contribution < 1.29 is 0 Å². The maximum absolute atomic E-state index is 2.49. The van der Waals surface area contributed by atoms with Crippen molar-refractivity contribution in [3.8, 4) is 0 Å². The lowest BCUT2D eigenvalue weighted by molar-refractivity contribution is 0.169. The van der Waals surface area contributed by atoms with Crippen LogP contribution in [0.15, 0.2) is 24.3 Å². The molecule has 2 fully saturated rings. The van der Waals surface area contributed by atoms with E-state index < -0.39 is 0 Å². The van der Waals surface area contributed by atoms with E-state index in [0.29, 0.717) is 0 Å². The largest absolute Gasteiger partial charge is 0.0625 e. The predicted octanol–water partition coefficient (Wildman–Crippen LogP) is 6.16. The number of fused-ring (bicyclic) bond motifs is 1. The zero-order valence-electron chi connectivity index (χ0n) is 14.5. The molecule has 0 saturated heterocycles. The lowest BCUT2D eigenvalue weighted by Gasteiger charge is -2.38. The second-order valence-electron chi connectivity index (χ2n) is 8.94. The number of hydrogen-bond donors (Lipinski definition) is 0. The Morgan fingerprint density at radius 3 is 2.10 bits per heavy atom. The molecule has 1 aromatic rings. The van der Waals surface area contributed by atoms with Gasteiger partial charge in [-0.25, -0.2) is 0 Å². The minimum atomic E-state index is 0.268. The second-order valence-corrected chi connectivity index (χ2v) is 8.94. The quantitative estimate of drug-likeness (QED) is 0.579. The Balaban J connectivity index is 1.83. The van der Waals surface area contributed by atoms with Crippen LogP contribution in [0.3, 0.4) is 0 Å². The van der Waals surface area contributed by atoms with Crippen LogP contribution in [-0.2, 0) is 5.41 Å². The highest BCUT2D eigenvalue weighted by Gasteiger charge is 2.43. The molecule has 5 unspecified atom stereocenters. The Hall–Kier alpha value is -0.780. The minimum Gasteiger partial charge on any atom is -0.0625 e. The van der Waals surface area contributed by atoms with Crippen LogP contribution in [0.25, 0.3) is 0 Å². The Morgan fingerprint density at radius 2 is 1.48 bits per heavy atom. The van der Waals surface area contributed by atoms with Gasteiger partial charge >= 0.3 is 0 Å². The third-order valence-corrected chi connectivity index (χ3v) is 6.28. The van der Waals surface area contributed by atoms with Crippen molar-refractivity contribution in [2.45, 2.75) is 71.6 Å². The zero-order valence-corrected chi connectivity index (χ0v) is 14.5. The summed E-state index contributed by atoms with van der Waals surface area (Å²) in [5.74, 6) is 4.65. The van der Waals surface area contributed by atoms with Crippen LogP contribution in [0.5, 0.6) is 0 Å². The van der Waals surface area contributed by atoms with Crippen LogP contribution in [-0.4, -0.2) is 0 Å². The first kappa shape index (κ1) is 15.1. The fourth-order valence-electron chi connectivity index (χ4n) is 5.01. The van der Waals surface area contributed by atoms with E-state index in [-0.39, 0.29) is 5.41 Å².